The highest BCUT2D eigenvalue weighted by Gasteiger charge is 2.18. The van der Waals surface area contributed by atoms with Crippen LogP contribution >= 0.6 is 0 Å². The van der Waals surface area contributed by atoms with Crippen molar-refractivity contribution in [3.63, 3.8) is 0 Å². The van der Waals surface area contributed by atoms with E-state index in [4.69, 9.17) is 0 Å². The number of hydrogen-bond acceptors (Lipinski definition) is 6. The number of hydrogen-bond donors (Lipinski definition) is 4. The molecule has 4 N–H and O–H groups in total. The lowest BCUT2D eigenvalue weighted by atomic mass is 10.1. The monoisotopic (exact) mass is 570 g/mol. The number of rotatable bonds is 14. The molecule has 0 aliphatic carbocycles. The predicted molar refractivity (Wildman–Crippen MR) is 162 cm³/mol. The Morgan fingerprint density at radius 1 is 0.512 bits per heavy atom. The first-order chi connectivity index (χ1) is 19.9. The molecule has 0 fully saturated rings. The highest BCUT2D eigenvalue weighted by atomic mass is 32.2. The second-order valence-corrected chi connectivity index (χ2v) is 11.4. The first kappa shape index (κ1) is 29.7. The minimum atomic E-state index is -3.77. The van der Waals surface area contributed by atoms with Crippen molar-refractivity contribution in [1.29, 1.82) is 0 Å². The number of sulfone groups is 1. The van der Waals surface area contributed by atoms with Gasteiger partial charge in [0.1, 0.15) is 0 Å². The fourth-order valence-electron chi connectivity index (χ4n) is 4.14. The molecular formula is C32H34N4O4S. The van der Waals surface area contributed by atoms with Gasteiger partial charge in [0, 0.05) is 11.4 Å². The Bertz CT molecular complexity index is 1400. The van der Waals surface area contributed by atoms with E-state index in [1.54, 1.807) is 24.3 Å². The van der Waals surface area contributed by atoms with Gasteiger partial charge in [0.15, 0.2) is 0 Å². The summed E-state index contributed by atoms with van der Waals surface area (Å²) < 4.78 is 26.2. The summed E-state index contributed by atoms with van der Waals surface area (Å²) in [5, 5.41) is 11.8. The predicted octanol–water partition coefficient (Wildman–Crippen LogP) is 4.06. The van der Waals surface area contributed by atoms with Gasteiger partial charge in [-0.05, 0) is 85.6 Å². The molecule has 0 radical (unpaired) electrons. The van der Waals surface area contributed by atoms with Gasteiger partial charge in [-0.15, -0.1) is 0 Å². The smallest absolute Gasteiger partial charge is 0.238 e. The molecule has 0 aliphatic rings. The average Bonchev–Trinajstić information content (AvgIpc) is 2.99. The summed E-state index contributed by atoms with van der Waals surface area (Å²) >= 11 is 0. The number of carbonyl (C=O) groups is 2. The third-order valence-electron chi connectivity index (χ3n) is 6.33. The van der Waals surface area contributed by atoms with Crippen molar-refractivity contribution in [2.45, 2.75) is 22.6 Å². The van der Waals surface area contributed by atoms with Crippen LogP contribution in [-0.4, -0.2) is 46.4 Å². The summed E-state index contributed by atoms with van der Waals surface area (Å²) in [6.45, 7) is 1.64. The lowest BCUT2D eigenvalue weighted by Crippen LogP contribution is -2.29. The van der Waals surface area contributed by atoms with E-state index < -0.39 is 9.84 Å². The van der Waals surface area contributed by atoms with Crippen molar-refractivity contribution in [3.8, 4) is 0 Å². The third-order valence-corrected chi connectivity index (χ3v) is 8.12. The second kappa shape index (κ2) is 14.9. The van der Waals surface area contributed by atoms with Gasteiger partial charge >= 0.3 is 0 Å². The number of benzene rings is 4. The Kier molecular flexibility index (Phi) is 10.8. The van der Waals surface area contributed by atoms with Gasteiger partial charge in [0.2, 0.25) is 21.7 Å². The van der Waals surface area contributed by atoms with Crippen LogP contribution in [0.15, 0.2) is 119 Å². The fourth-order valence-corrected chi connectivity index (χ4v) is 5.40. The van der Waals surface area contributed by atoms with E-state index in [1.165, 1.54) is 35.4 Å². The first-order valence-electron chi connectivity index (χ1n) is 13.4. The fraction of sp³-hybridized carbons (Fsp3) is 0.188. The van der Waals surface area contributed by atoms with Crippen molar-refractivity contribution in [1.82, 2.24) is 10.6 Å². The second-order valence-electron chi connectivity index (χ2n) is 9.47. The van der Waals surface area contributed by atoms with Crippen molar-refractivity contribution in [2.75, 3.05) is 36.8 Å². The molecule has 0 saturated heterocycles. The molecule has 0 aromatic heterocycles. The SMILES string of the molecule is O=C(CNCCc1ccccc1)Nc1ccc(S(=O)(=O)c2ccc(NC(=O)CNCCc3ccccc3)cc2)cc1. The van der Waals surface area contributed by atoms with Crippen LogP contribution in [-0.2, 0) is 32.3 Å². The lowest BCUT2D eigenvalue weighted by Gasteiger charge is -2.10. The lowest BCUT2D eigenvalue weighted by molar-refractivity contribution is -0.116. The molecule has 4 rings (SSSR count). The van der Waals surface area contributed by atoms with Gasteiger partial charge < -0.3 is 21.3 Å². The molecule has 4 aromatic carbocycles. The summed E-state index contributed by atoms with van der Waals surface area (Å²) in [5.74, 6) is -0.421. The first-order valence-corrected chi connectivity index (χ1v) is 14.9. The van der Waals surface area contributed by atoms with E-state index in [1.807, 2.05) is 60.7 Å². The van der Waals surface area contributed by atoms with Crippen LogP contribution < -0.4 is 21.3 Å². The zero-order chi connectivity index (χ0) is 28.9. The van der Waals surface area contributed by atoms with Crippen LogP contribution in [0.4, 0.5) is 11.4 Å². The van der Waals surface area contributed by atoms with E-state index in [2.05, 4.69) is 21.3 Å². The Balaban J connectivity index is 1.21. The van der Waals surface area contributed by atoms with E-state index in [0.717, 1.165) is 12.8 Å². The number of nitrogens with one attached hydrogen (secondary N) is 4. The normalized spacial score (nSPS) is 11.1. The van der Waals surface area contributed by atoms with E-state index in [0.29, 0.717) is 24.5 Å². The summed E-state index contributed by atoms with van der Waals surface area (Å²) in [7, 11) is -3.77. The molecule has 0 atom stereocenters. The van der Waals surface area contributed by atoms with Gasteiger partial charge in [-0.3, -0.25) is 9.59 Å². The van der Waals surface area contributed by atoms with Crippen molar-refractivity contribution >= 4 is 33.0 Å². The van der Waals surface area contributed by atoms with Gasteiger partial charge in [-0.25, -0.2) is 8.42 Å². The minimum Gasteiger partial charge on any atom is -0.325 e. The Hall–Kier alpha value is -4.31. The zero-order valence-corrected chi connectivity index (χ0v) is 23.5. The third kappa shape index (κ3) is 9.39. The highest BCUT2D eigenvalue weighted by molar-refractivity contribution is 7.91. The molecule has 0 saturated carbocycles. The summed E-state index contributed by atoms with van der Waals surface area (Å²) in [4.78, 5) is 24.7. The number of anilines is 2. The maximum absolute atomic E-state index is 13.1. The summed E-state index contributed by atoms with van der Waals surface area (Å²) in [6, 6.07) is 32.1. The Labute approximate surface area is 241 Å². The van der Waals surface area contributed by atoms with Crippen molar-refractivity contribution < 1.29 is 18.0 Å². The largest absolute Gasteiger partial charge is 0.325 e. The van der Waals surface area contributed by atoms with E-state index in [9.17, 15) is 18.0 Å². The van der Waals surface area contributed by atoms with E-state index in [-0.39, 0.29) is 34.7 Å². The van der Waals surface area contributed by atoms with Crippen LogP contribution in [0.1, 0.15) is 11.1 Å². The molecule has 4 aromatic rings. The van der Waals surface area contributed by atoms with Gasteiger partial charge in [-0.2, -0.15) is 0 Å². The maximum atomic E-state index is 13.1. The standard InChI is InChI=1S/C32H34N4O4S/c37-31(23-33-21-19-25-7-3-1-4-8-25)35-27-11-15-29(16-12-27)41(39,40)30-17-13-28(14-18-30)36-32(38)24-34-22-20-26-9-5-2-6-10-26/h1-18,33-34H,19-24H2,(H,35,37)(H,36,38). The Morgan fingerprint density at radius 3 is 1.24 bits per heavy atom. The molecule has 9 heteroatoms. The molecule has 0 unspecified atom stereocenters. The van der Waals surface area contributed by atoms with Crippen LogP contribution in [0.5, 0.6) is 0 Å². The molecule has 0 aliphatic heterocycles. The molecule has 212 valence electrons. The number of amides is 2. The molecular weight excluding hydrogens is 536 g/mol. The van der Waals surface area contributed by atoms with Gasteiger partial charge in [0.05, 0.1) is 22.9 Å². The Morgan fingerprint density at radius 2 is 0.878 bits per heavy atom. The average molecular weight is 571 g/mol. The van der Waals surface area contributed by atoms with Crippen LogP contribution in [0.25, 0.3) is 0 Å². The summed E-state index contributed by atoms with van der Waals surface area (Å²) in [6.07, 6.45) is 1.64. The quantitative estimate of drug-likeness (QED) is 0.170. The maximum Gasteiger partial charge on any atom is 0.238 e. The van der Waals surface area contributed by atoms with Crippen LogP contribution in [0.2, 0.25) is 0 Å². The molecule has 8 nitrogen and oxygen atoms in total. The highest BCUT2D eigenvalue weighted by Crippen LogP contribution is 2.23. The van der Waals surface area contributed by atoms with Crippen LogP contribution in [0.3, 0.4) is 0 Å². The van der Waals surface area contributed by atoms with Crippen LogP contribution in [0, 0.1) is 0 Å². The van der Waals surface area contributed by atoms with Crippen molar-refractivity contribution in [2.24, 2.45) is 0 Å². The molecule has 0 spiro atoms. The molecule has 41 heavy (non-hydrogen) atoms. The number of carbonyl (C=O) groups excluding carboxylic acids is 2. The zero-order valence-electron chi connectivity index (χ0n) is 22.7. The van der Waals surface area contributed by atoms with Gasteiger partial charge in [0.25, 0.3) is 0 Å². The van der Waals surface area contributed by atoms with E-state index >= 15 is 0 Å². The molecule has 0 bridgehead atoms. The van der Waals surface area contributed by atoms with Gasteiger partial charge in [-0.1, -0.05) is 60.7 Å². The molecule has 0 heterocycles. The topological polar surface area (TPSA) is 116 Å². The summed E-state index contributed by atoms with van der Waals surface area (Å²) in [5.41, 5.74) is 3.40. The van der Waals surface area contributed by atoms with Crippen molar-refractivity contribution in [3.05, 3.63) is 120 Å². The molecule has 2 amide bonds. The minimum absolute atomic E-state index is 0.107.